The van der Waals surface area contributed by atoms with E-state index in [-0.39, 0.29) is 17.7 Å². The SMILES string of the molecule is COc1ncc(-c2cnc3[nH]c(=O)n([C@H](C)c4ccccc4)c3n2)cn1. The smallest absolute Gasteiger partial charge is 0.329 e. The third-order valence-corrected chi connectivity index (χ3v) is 4.20. The molecule has 8 nitrogen and oxygen atoms in total. The number of nitrogens with zero attached hydrogens (tertiary/aromatic N) is 5. The van der Waals surface area contributed by atoms with E-state index in [9.17, 15) is 4.79 Å². The summed E-state index contributed by atoms with van der Waals surface area (Å²) in [6, 6.07) is 9.87. The number of aromatic amines is 1. The molecular formula is C18H16N6O2. The number of hydrogen-bond acceptors (Lipinski definition) is 6. The summed E-state index contributed by atoms with van der Waals surface area (Å²) in [6.45, 7) is 1.95. The zero-order valence-corrected chi connectivity index (χ0v) is 14.2. The summed E-state index contributed by atoms with van der Waals surface area (Å²) < 4.78 is 6.57. The standard InChI is InChI=1S/C18H16N6O2/c1-11(12-6-4-3-5-7-12)24-16-15(23-18(24)25)19-10-14(22-16)13-8-20-17(26-2)21-9-13/h3-11H,1-2H3,(H,19,23,25)/t11-/m1/s1. The Morgan fingerprint density at radius 2 is 1.81 bits per heavy atom. The number of benzene rings is 1. The zero-order valence-electron chi connectivity index (χ0n) is 14.2. The quantitative estimate of drug-likeness (QED) is 0.607. The molecule has 0 unspecified atom stereocenters. The fourth-order valence-corrected chi connectivity index (χ4v) is 2.83. The monoisotopic (exact) mass is 348 g/mol. The maximum Gasteiger partial charge on any atom is 0.329 e. The summed E-state index contributed by atoms with van der Waals surface area (Å²) >= 11 is 0. The molecule has 0 saturated heterocycles. The molecule has 0 aliphatic carbocycles. The average Bonchev–Trinajstić information content (AvgIpc) is 3.03. The number of fused-ring (bicyclic) bond motifs is 1. The summed E-state index contributed by atoms with van der Waals surface area (Å²) in [5.41, 5.74) is 2.95. The molecule has 0 spiro atoms. The van der Waals surface area contributed by atoms with Crippen LogP contribution in [0.2, 0.25) is 0 Å². The van der Waals surface area contributed by atoms with Crippen LogP contribution >= 0.6 is 0 Å². The maximum atomic E-state index is 12.5. The predicted octanol–water partition coefficient (Wildman–Crippen LogP) is 2.19. The Bertz CT molecular complexity index is 1100. The van der Waals surface area contributed by atoms with Gasteiger partial charge in [0.15, 0.2) is 11.3 Å². The summed E-state index contributed by atoms with van der Waals surface area (Å²) in [7, 11) is 1.50. The first kappa shape index (κ1) is 15.9. The largest absolute Gasteiger partial charge is 0.467 e. The first-order valence-corrected chi connectivity index (χ1v) is 8.06. The lowest BCUT2D eigenvalue weighted by Gasteiger charge is -2.13. The number of hydrogen-bond donors (Lipinski definition) is 1. The molecule has 3 aromatic heterocycles. The molecule has 0 aliphatic rings. The van der Waals surface area contributed by atoms with Crippen LogP contribution in [0.1, 0.15) is 18.5 Å². The second-order valence-electron chi connectivity index (χ2n) is 5.77. The van der Waals surface area contributed by atoms with E-state index in [1.807, 2.05) is 37.3 Å². The normalized spacial score (nSPS) is 12.2. The molecule has 4 rings (SSSR count). The highest BCUT2D eigenvalue weighted by Gasteiger charge is 2.17. The molecule has 0 saturated carbocycles. The van der Waals surface area contributed by atoms with Crippen molar-refractivity contribution in [1.82, 2.24) is 29.5 Å². The number of aromatic nitrogens is 6. The maximum absolute atomic E-state index is 12.5. The number of H-pyrrole nitrogens is 1. The highest BCUT2D eigenvalue weighted by atomic mass is 16.5. The summed E-state index contributed by atoms with van der Waals surface area (Å²) in [5.74, 6) is 0. The van der Waals surface area contributed by atoms with Crippen molar-refractivity contribution in [3.63, 3.8) is 0 Å². The lowest BCUT2D eigenvalue weighted by Crippen LogP contribution is -2.21. The Morgan fingerprint density at radius 3 is 2.50 bits per heavy atom. The molecule has 130 valence electrons. The molecule has 8 heteroatoms. The van der Waals surface area contributed by atoms with Gasteiger partial charge in [0.25, 0.3) is 0 Å². The minimum absolute atomic E-state index is 0.186. The molecule has 1 aromatic carbocycles. The number of rotatable bonds is 4. The van der Waals surface area contributed by atoms with Gasteiger partial charge in [0.1, 0.15) is 0 Å². The first-order valence-electron chi connectivity index (χ1n) is 8.06. The van der Waals surface area contributed by atoms with Gasteiger partial charge in [-0.1, -0.05) is 30.3 Å². The van der Waals surface area contributed by atoms with E-state index in [0.717, 1.165) is 5.56 Å². The Morgan fingerprint density at radius 1 is 1.08 bits per heavy atom. The number of nitrogens with one attached hydrogen (secondary N) is 1. The van der Waals surface area contributed by atoms with Gasteiger partial charge in [-0.15, -0.1) is 0 Å². The minimum atomic E-state index is -0.250. The Labute approximate surface area is 148 Å². The molecule has 0 fully saturated rings. The first-order chi connectivity index (χ1) is 12.7. The second kappa shape index (κ2) is 6.40. The van der Waals surface area contributed by atoms with E-state index in [4.69, 9.17) is 4.74 Å². The molecule has 1 atom stereocenters. The molecule has 3 heterocycles. The van der Waals surface area contributed by atoms with Crippen molar-refractivity contribution in [2.75, 3.05) is 7.11 Å². The lowest BCUT2D eigenvalue weighted by molar-refractivity contribution is 0.380. The average molecular weight is 348 g/mol. The van der Waals surface area contributed by atoms with Crippen LogP contribution < -0.4 is 10.4 Å². The second-order valence-corrected chi connectivity index (χ2v) is 5.77. The van der Waals surface area contributed by atoms with Crippen molar-refractivity contribution in [2.45, 2.75) is 13.0 Å². The zero-order chi connectivity index (χ0) is 18.1. The van der Waals surface area contributed by atoms with Crippen molar-refractivity contribution in [3.8, 4) is 17.3 Å². The number of methoxy groups -OCH3 is 1. The fourth-order valence-electron chi connectivity index (χ4n) is 2.83. The van der Waals surface area contributed by atoms with E-state index in [1.165, 1.54) is 7.11 Å². The van der Waals surface area contributed by atoms with E-state index in [2.05, 4.69) is 24.9 Å². The summed E-state index contributed by atoms with van der Waals surface area (Å²) in [6.07, 6.45) is 4.80. The fraction of sp³-hybridized carbons (Fsp3) is 0.167. The van der Waals surface area contributed by atoms with Crippen LogP contribution in [0.3, 0.4) is 0 Å². The van der Waals surface area contributed by atoms with Gasteiger partial charge < -0.3 is 4.74 Å². The van der Waals surface area contributed by atoms with Gasteiger partial charge in [-0.2, -0.15) is 0 Å². The van der Waals surface area contributed by atoms with Crippen LogP contribution in [-0.4, -0.2) is 36.6 Å². The van der Waals surface area contributed by atoms with Gasteiger partial charge in [0.05, 0.1) is 25.0 Å². The van der Waals surface area contributed by atoms with Gasteiger partial charge in [0, 0.05) is 18.0 Å². The molecular weight excluding hydrogens is 332 g/mol. The molecule has 0 radical (unpaired) electrons. The molecule has 26 heavy (non-hydrogen) atoms. The Hall–Kier alpha value is -3.55. The Kier molecular flexibility index (Phi) is 3.92. The molecule has 1 N–H and O–H groups in total. The van der Waals surface area contributed by atoms with Crippen LogP contribution in [0.5, 0.6) is 6.01 Å². The molecule has 4 aromatic rings. The third kappa shape index (κ3) is 2.71. The van der Waals surface area contributed by atoms with Crippen LogP contribution in [0.4, 0.5) is 0 Å². The minimum Gasteiger partial charge on any atom is -0.467 e. The van der Waals surface area contributed by atoms with Gasteiger partial charge in [0.2, 0.25) is 0 Å². The van der Waals surface area contributed by atoms with E-state index < -0.39 is 0 Å². The van der Waals surface area contributed by atoms with Crippen LogP contribution in [0, 0.1) is 0 Å². The van der Waals surface area contributed by atoms with Crippen molar-refractivity contribution in [3.05, 3.63) is 65.0 Å². The Balaban J connectivity index is 1.83. The number of imidazole rings is 1. The topological polar surface area (TPSA) is 98.6 Å². The lowest BCUT2D eigenvalue weighted by atomic mass is 10.1. The predicted molar refractivity (Wildman–Crippen MR) is 96.0 cm³/mol. The summed E-state index contributed by atoms with van der Waals surface area (Å²) in [4.78, 5) is 32.3. The highest BCUT2D eigenvalue weighted by molar-refractivity contribution is 5.70. The van der Waals surface area contributed by atoms with Crippen molar-refractivity contribution < 1.29 is 4.74 Å². The molecule has 0 bridgehead atoms. The van der Waals surface area contributed by atoms with E-state index in [0.29, 0.717) is 22.6 Å². The van der Waals surface area contributed by atoms with E-state index >= 15 is 0 Å². The van der Waals surface area contributed by atoms with Crippen molar-refractivity contribution in [2.24, 2.45) is 0 Å². The third-order valence-electron chi connectivity index (χ3n) is 4.20. The van der Waals surface area contributed by atoms with Gasteiger partial charge in [-0.05, 0) is 12.5 Å². The van der Waals surface area contributed by atoms with E-state index in [1.54, 1.807) is 23.2 Å². The molecule has 0 amide bonds. The van der Waals surface area contributed by atoms with Crippen molar-refractivity contribution >= 4 is 11.3 Å². The van der Waals surface area contributed by atoms with Crippen LogP contribution in [0.25, 0.3) is 22.6 Å². The number of ether oxygens (including phenoxy) is 1. The van der Waals surface area contributed by atoms with Gasteiger partial charge in [-0.25, -0.2) is 24.7 Å². The molecule has 0 aliphatic heterocycles. The van der Waals surface area contributed by atoms with Crippen LogP contribution in [0.15, 0.2) is 53.7 Å². The van der Waals surface area contributed by atoms with Gasteiger partial charge in [-0.3, -0.25) is 9.55 Å². The van der Waals surface area contributed by atoms with Crippen LogP contribution in [-0.2, 0) is 0 Å². The summed E-state index contributed by atoms with van der Waals surface area (Å²) in [5, 5.41) is 0. The highest BCUT2D eigenvalue weighted by Crippen LogP contribution is 2.22. The van der Waals surface area contributed by atoms with Crippen molar-refractivity contribution in [1.29, 1.82) is 0 Å². The van der Waals surface area contributed by atoms with Gasteiger partial charge >= 0.3 is 11.7 Å².